The van der Waals surface area contributed by atoms with Gasteiger partial charge >= 0.3 is 5.69 Å². The second kappa shape index (κ2) is 10.5. The monoisotopic (exact) mass is 452 g/mol. The van der Waals surface area contributed by atoms with Crippen molar-refractivity contribution in [3.8, 4) is 0 Å². The first-order valence-electron chi connectivity index (χ1n) is 10.8. The number of nitrogens with one attached hydrogen (secondary N) is 2. The van der Waals surface area contributed by atoms with Gasteiger partial charge in [-0.1, -0.05) is 49.0 Å². The third-order valence-electron chi connectivity index (χ3n) is 5.57. The zero-order valence-corrected chi connectivity index (χ0v) is 19.0. The van der Waals surface area contributed by atoms with Gasteiger partial charge in [-0.25, -0.2) is 9.89 Å². The number of aromatic amines is 1. The van der Waals surface area contributed by atoms with Gasteiger partial charge in [-0.2, -0.15) is 0 Å². The second-order valence-corrected chi connectivity index (χ2v) is 8.63. The molecular weight excluding hydrogens is 424 g/mol. The van der Waals surface area contributed by atoms with E-state index in [0.29, 0.717) is 11.7 Å². The molecule has 32 heavy (non-hydrogen) atoms. The molecule has 2 aromatic carbocycles. The lowest BCUT2D eigenvalue weighted by molar-refractivity contribution is -0.113. The van der Waals surface area contributed by atoms with Gasteiger partial charge in [-0.15, -0.1) is 5.10 Å². The van der Waals surface area contributed by atoms with Crippen molar-refractivity contribution in [3.63, 3.8) is 0 Å². The number of carbonyl (C=O) groups excluding carboxylic acids is 1. The Morgan fingerprint density at radius 1 is 1.06 bits per heavy atom. The second-order valence-electron chi connectivity index (χ2n) is 7.69. The summed E-state index contributed by atoms with van der Waals surface area (Å²) in [6.45, 7) is 7.89. The van der Waals surface area contributed by atoms with Gasteiger partial charge in [0, 0.05) is 37.6 Å². The number of nitrogens with zero attached hydrogens (tertiary/aromatic N) is 4. The van der Waals surface area contributed by atoms with E-state index < -0.39 is 0 Å². The Morgan fingerprint density at radius 3 is 2.47 bits per heavy atom. The average molecular weight is 453 g/mol. The average Bonchev–Trinajstić information content (AvgIpc) is 3.18. The highest BCUT2D eigenvalue weighted by Gasteiger charge is 2.16. The summed E-state index contributed by atoms with van der Waals surface area (Å²) in [5, 5.41) is 9.96. The van der Waals surface area contributed by atoms with E-state index in [1.165, 1.54) is 17.4 Å². The van der Waals surface area contributed by atoms with Crippen LogP contribution in [0.3, 0.4) is 0 Å². The molecule has 1 aliphatic heterocycles. The number of anilines is 2. The van der Waals surface area contributed by atoms with Gasteiger partial charge in [0.25, 0.3) is 0 Å². The standard InChI is InChI=1S/C23H28N6O2S/c1-2-27-12-14-28(15-13-27)20-10-8-19(9-11-20)24-21(30)17-32-23-26-25-22(31)29(23)16-18-6-4-3-5-7-18/h3-11H,2,12-17H2,1H3,(H,24,30)(H,25,31). The van der Waals surface area contributed by atoms with Gasteiger partial charge in [-0.3, -0.25) is 9.36 Å². The van der Waals surface area contributed by atoms with Crippen molar-refractivity contribution < 1.29 is 4.79 Å². The summed E-state index contributed by atoms with van der Waals surface area (Å²) in [5.41, 5.74) is 2.65. The number of amides is 1. The summed E-state index contributed by atoms with van der Waals surface area (Å²) in [6, 6.07) is 17.7. The first kappa shape index (κ1) is 22.2. The van der Waals surface area contributed by atoms with E-state index in [4.69, 9.17) is 0 Å². The summed E-state index contributed by atoms with van der Waals surface area (Å²) in [5.74, 6) is 0.0285. The number of aromatic nitrogens is 3. The zero-order valence-electron chi connectivity index (χ0n) is 18.2. The van der Waals surface area contributed by atoms with Crippen LogP contribution < -0.4 is 15.9 Å². The predicted molar refractivity (Wildman–Crippen MR) is 129 cm³/mol. The Morgan fingerprint density at radius 2 is 1.78 bits per heavy atom. The Hall–Kier alpha value is -3.04. The van der Waals surface area contributed by atoms with Crippen LogP contribution in [-0.2, 0) is 11.3 Å². The van der Waals surface area contributed by atoms with Crippen LogP contribution in [0.2, 0.25) is 0 Å². The van der Waals surface area contributed by atoms with Crippen molar-refractivity contribution in [2.24, 2.45) is 0 Å². The van der Waals surface area contributed by atoms with Crippen LogP contribution in [0.1, 0.15) is 12.5 Å². The molecule has 1 amide bonds. The number of carbonyl (C=O) groups is 1. The van der Waals surface area contributed by atoms with Crippen molar-refractivity contribution in [2.75, 3.05) is 48.7 Å². The molecule has 4 rings (SSSR count). The molecule has 9 heteroatoms. The summed E-state index contributed by atoms with van der Waals surface area (Å²) in [4.78, 5) is 29.4. The van der Waals surface area contributed by atoms with Gasteiger partial charge in [0.15, 0.2) is 5.16 Å². The fourth-order valence-electron chi connectivity index (χ4n) is 3.72. The van der Waals surface area contributed by atoms with Gasteiger partial charge in [-0.05, 0) is 36.4 Å². The molecule has 168 valence electrons. The molecule has 3 aromatic rings. The zero-order chi connectivity index (χ0) is 22.3. The molecule has 0 spiro atoms. The van der Waals surface area contributed by atoms with Crippen molar-refractivity contribution >= 4 is 29.0 Å². The third kappa shape index (κ3) is 5.60. The van der Waals surface area contributed by atoms with Crippen LogP contribution in [0.5, 0.6) is 0 Å². The van der Waals surface area contributed by atoms with E-state index >= 15 is 0 Å². The molecule has 0 saturated carbocycles. The number of hydrogen-bond acceptors (Lipinski definition) is 6. The number of likely N-dealkylation sites (N-methyl/N-ethyl adjacent to an activating group) is 1. The highest BCUT2D eigenvalue weighted by atomic mass is 32.2. The lowest BCUT2D eigenvalue weighted by Crippen LogP contribution is -2.46. The van der Waals surface area contributed by atoms with E-state index in [0.717, 1.165) is 44.0 Å². The summed E-state index contributed by atoms with van der Waals surface area (Å²) in [6.07, 6.45) is 0. The van der Waals surface area contributed by atoms with Crippen molar-refractivity contribution in [2.45, 2.75) is 18.6 Å². The van der Waals surface area contributed by atoms with Crippen LogP contribution in [0.15, 0.2) is 64.5 Å². The molecule has 2 N–H and O–H groups in total. The van der Waals surface area contributed by atoms with Crippen LogP contribution >= 0.6 is 11.8 Å². The topological polar surface area (TPSA) is 86.3 Å². The highest BCUT2D eigenvalue weighted by molar-refractivity contribution is 7.99. The lowest BCUT2D eigenvalue weighted by atomic mass is 10.2. The van der Waals surface area contributed by atoms with Gasteiger partial charge in [0.05, 0.1) is 12.3 Å². The summed E-state index contributed by atoms with van der Waals surface area (Å²) < 4.78 is 1.54. The lowest BCUT2D eigenvalue weighted by Gasteiger charge is -2.35. The first-order chi connectivity index (χ1) is 15.6. The molecule has 0 atom stereocenters. The van der Waals surface area contributed by atoms with Crippen LogP contribution in [-0.4, -0.2) is 64.0 Å². The maximum absolute atomic E-state index is 12.4. The quantitative estimate of drug-likeness (QED) is 0.511. The third-order valence-corrected chi connectivity index (χ3v) is 6.55. The largest absolute Gasteiger partial charge is 0.369 e. The van der Waals surface area contributed by atoms with Crippen molar-refractivity contribution in [1.82, 2.24) is 19.7 Å². The fourth-order valence-corrected chi connectivity index (χ4v) is 4.47. The van der Waals surface area contributed by atoms with Crippen LogP contribution in [0, 0.1) is 0 Å². The highest BCUT2D eigenvalue weighted by Crippen LogP contribution is 2.20. The molecule has 1 saturated heterocycles. The Kier molecular flexibility index (Phi) is 7.28. The van der Waals surface area contributed by atoms with Gasteiger partial charge < -0.3 is 15.1 Å². The number of piperazine rings is 1. The number of benzene rings is 2. The maximum atomic E-state index is 12.4. The van der Waals surface area contributed by atoms with E-state index in [9.17, 15) is 9.59 Å². The van der Waals surface area contributed by atoms with Gasteiger partial charge in [0.2, 0.25) is 5.91 Å². The molecule has 0 bridgehead atoms. The van der Waals surface area contributed by atoms with Gasteiger partial charge in [0.1, 0.15) is 0 Å². The first-order valence-corrected chi connectivity index (χ1v) is 11.8. The molecule has 0 radical (unpaired) electrons. The number of hydrogen-bond donors (Lipinski definition) is 2. The molecule has 0 unspecified atom stereocenters. The minimum Gasteiger partial charge on any atom is -0.369 e. The normalized spacial score (nSPS) is 14.5. The molecule has 1 aliphatic rings. The fraction of sp³-hybridized carbons (Fsp3) is 0.348. The van der Waals surface area contributed by atoms with Crippen molar-refractivity contribution in [3.05, 3.63) is 70.6 Å². The summed E-state index contributed by atoms with van der Waals surface area (Å²) in [7, 11) is 0. The molecule has 2 heterocycles. The maximum Gasteiger partial charge on any atom is 0.344 e. The van der Waals surface area contributed by atoms with E-state index in [-0.39, 0.29) is 17.3 Å². The van der Waals surface area contributed by atoms with Crippen LogP contribution in [0.25, 0.3) is 0 Å². The molecule has 8 nitrogen and oxygen atoms in total. The smallest absolute Gasteiger partial charge is 0.344 e. The number of rotatable bonds is 8. The number of thioether (sulfide) groups is 1. The molecular formula is C23H28N6O2S. The van der Waals surface area contributed by atoms with Crippen LogP contribution in [0.4, 0.5) is 11.4 Å². The minimum atomic E-state index is -0.285. The predicted octanol–water partition coefficient (Wildman–Crippen LogP) is 2.49. The number of H-pyrrole nitrogens is 1. The Bertz CT molecular complexity index is 1070. The molecule has 1 aromatic heterocycles. The SMILES string of the molecule is CCN1CCN(c2ccc(NC(=O)CSc3n[nH]c(=O)n3Cc3ccccc3)cc2)CC1. The summed E-state index contributed by atoms with van der Waals surface area (Å²) >= 11 is 1.24. The van der Waals surface area contributed by atoms with E-state index in [1.807, 2.05) is 42.5 Å². The molecule has 0 aliphatic carbocycles. The molecule has 1 fully saturated rings. The minimum absolute atomic E-state index is 0.138. The van der Waals surface area contributed by atoms with E-state index in [1.54, 1.807) is 4.57 Å². The Labute approximate surface area is 191 Å². The Balaban J connectivity index is 1.30. The van der Waals surface area contributed by atoms with E-state index in [2.05, 4.69) is 44.4 Å². The van der Waals surface area contributed by atoms with Crippen molar-refractivity contribution in [1.29, 1.82) is 0 Å².